The minimum absolute atomic E-state index is 0.0556. The summed E-state index contributed by atoms with van der Waals surface area (Å²) in [5.41, 5.74) is 1.10. The van der Waals surface area contributed by atoms with E-state index in [9.17, 15) is 10.2 Å². The number of halogens is 1. The van der Waals surface area contributed by atoms with Crippen LogP contribution in [-0.2, 0) is 4.51 Å². The maximum Gasteiger partial charge on any atom is 0.174 e. The van der Waals surface area contributed by atoms with Gasteiger partial charge in [0.25, 0.3) is 0 Å². The third-order valence-corrected chi connectivity index (χ3v) is 4.28. The van der Waals surface area contributed by atoms with Crippen LogP contribution in [0.4, 0.5) is 0 Å². The summed E-state index contributed by atoms with van der Waals surface area (Å²) >= 11 is 3.33. The van der Waals surface area contributed by atoms with Gasteiger partial charge in [-0.3, -0.25) is 0 Å². The van der Waals surface area contributed by atoms with Crippen LogP contribution in [0.3, 0.4) is 0 Å². The Kier molecular flexibility index (Phi) is 3.24. The lowest BCUT2D eigenvalue weighted by Crippen LogP contribution is -2.18. The number of phenols is 1. The normalized spacial score (nSPS) is 14.1. The number of fused-ring (bicyclic) bond motifs is 1. The zero-order valence-corrected chi connectivity index (χ0v) is 12.2. The minimum Gasteiger partial charge on any atom is -0.508 e. The van der Waals surface area contributed by atoms with Gasteiger partial charge in [-0.1, -0.05) is 54.6 Å². The summed E-state index contributed by atoms with van der Waals surface area (Å²) < 4.78 is -1.41. The lowest BCUT2D eigenvalue weighted by atomic mass is 9.98. The van der Waals surface area contributed by atoms with E-state index in [1.54, 1.807) is 24.3 Å². The maximum atomic E-state index is 10.8. The van der Waals surface area contributed by atoms with E-state index in [0.29, 0.717) is 11.1 Å². The Morgan fingerprint density at radius 3 is 2.20 bits per heavy atom. The van der Waals surface area contributed by atoms with Crippen LogP contribution in [0.2, 0.25) is 0 Å². The zero-order chi connectivity index (χ0) is 14.2. The van der Waals surface area contributed by atoms with Crippen LogP contribution in [0, 0.1) is 0 Å². The fourth-order valence-corrected chi connectivity index (χ4v) is 2.89. The predicted molar refractivity (Wildman–Crippen MR) is 84.0 cm³/mol. The number of aromatic hydroxyl groups is 1. The Hall–Kier alpha value is -1.84. The topological polar surface area (TPSA) is 40.5 Å². The van der Waals surface area contributed by atoms with Gasteiger partial charge in [0, 0.05) is 5.56 Å². The van der Waals surface area contributed by atoms with Gasteiger partial charge >= 0.3 is 0 Å². The molecule has 0 saturated carbocycles. The molecule has 0 heterocycles. The third-order valence-electron chi connectivity index (χ3n) is 3.39. The molecule has 100 valence electrons. The van der Waals surface area contributed by atoms with E-state index in [2.05, 4.69) is 15.9 Å². The molecule has 0 aromatic heterocycles. The predicted octanol–water partition coefficient (Wildman–Crippen LogP) is 4.13. The van der Waals surface area contributed by atoms with Crippen molar-refractivity contribution in [3.05, 3.63) is 77.9 Å². The second-order valence-corrected chi connectivity index (χ2v) is 5.85. The first-order valence-corrected chi connectivity index (χ1v) is 7.07. The highest BCUT2D eigenvalue weighted by atomic mass is 79.9. The SMILES string of the molecule is Oc1ccccc1C(O)(Br)c1ccc2ccccc2c1. The molecule has 0 spiro atoms. The van der Waals surface area contributed by atoms with E-state index in [-0.39, 0.29) is 5.75 Å². The van der Waals surface area contributed by atoms with Crippen LogP contribution >= 0.6 is 15.9 Å². The van der Waals surface area contributed by atoms with E-state index < -0.39 is 4.51 Å². The number of benzene rings is 3. The van der Waals surface area contributed by atoms with Crippen molar-refractivity contribution < 1.29 is 10.2 Å². The molecule has 0 saturated heterocycles. The molecule has 20 heavy (non-hydrogen) atoms. The van der Waals surface area contributed by atoms with Gasteiger partial charge in [-0.05, 0) is 44.4 Å². The molecule has 0 aliphatic carbocycles. The average Bonchev–Trinajstić information content (AvgIpc) is 2.47. The Bertz CT molecular complexity index is 766. The van der Waals surface area contributed by atoms with Crippen molar-refractivity contribution in [2.45, 2.75) is 4.51 Å². The van der Waals surface area contributed by atoms with Crippen LogP contribution in [0.15, 0.2) is 66.7 Å². The average molecular weight is 329 g/mol. The van der Waals surface area contributed by atoms with Gasteiger partial charge < -0.3 is 10.2 Å². The van der Waals surface area contributed by atoms with Crippen molar-refractivity contribution in [1.29, 1.82) is 0 Å². The standard InChI is InChI=1S/C17H13BrO2/c18-17(20,15-7-3-4-8-16(15)19)14-10-9-12-5-1-2-6-13(12)11-14/h1-11,19-20H. The molecule has 1 atom stereocenters. The Labute approximate surface area is 125 Å². The number of para-hydroxylation sites is 1. The van der Waals surface area contributed by atoms with Crippen LogP contribution < -0.4 is 0 Å². The zero-order valence-electron chi connectivity index (χ0n) is 10.6. The number of alkyl halides is 1. The Morgan fingerprint density at radius 2 is 1.45 bits per heavy atom. The molecule has 0 fully saturated rings. The summed E-state index contributed by atoms with van der Waals surface area (Å²) in [7, 11) is 0. The smallest absolute Gasteiger partial charge is 0.174 e. The summed E-state index contributed by atoms with van der Waals surface area (Å²) in [5.74, 6) is 0.0556. The van der Waals surface area contributed by atoms with Gasteiger partial charge in [0.05, 0.1) is 0 Å². The van der Waals surface area contributed by atoms with Gasteiger partial charge in [-0.15, -0.1) is 0 Å². The molecule has 0 bridgehead atoms. The monoisotopic (exact) mass is 328 g/mol. The van der Waals surface area contributed by atoms with Gasteiger partial charge in [-0.25, -0.2) is 0 Å². The third kappa shape index (κ3) is 2.19. The quantitative estimate of drug-likeness (QED) is 0.694. The molecule has 0 radical (unpaired) electrons. The number of rotatable bonds is 2. The number of phenolic OH excluding ortho intramolecular Hbond substituents is 1. The Balaban J connectivity index is 2.16. The molecule has 2 N–H and O–H groups in total. The van der Waals surface area contributed by atoms with Gasteiger partial charge in [0.15, 0.2) is 4.51 Å². The van der Waals surface area contributed by atoms with Gasteiger partial charge in [0.1, 0.15) is 5.75 Å². The van der Waals surface area contributed by atoms with E-state index in [4.69, 9.17) is 0 Å². The molecule has 1 unspecified atom stereocenters. The largest absolute Gasteiger partial charge is 0.508 e. The fourth-order valence-electron chi connectivity index (χ4n) is 2.30. The first kappa shape index (κ1) is 13.2. The fraction of sp³-hybridized carbons (Fsp3) is 0.0588. The van der Waals surface area contributed by atoms with Crippen molar-refractivity contribution in [3.8, 4) is 5.75 Å². The highest BCUT2D eigenvalue weighted by Crippen LogP contribution is 2.40. The van der Waals surface area contributed by atoms with E-state index in [1.165, 1.54) is 0 Å². The molecule has 3 rings (SSSR count). The number of aliphatic hydroxyl groups is 1. The molecule has 2 nitrogen and oxygen atoms in total. The van der Waals surface area contributed by atoms with Crippen LogP contribution in [0.25, 0.3) is 10.8 Å². The highest BCUT2D eigenvalue weighted by Gasteiger charge is 2.30. The highest BCUT2D eigenvalue weighted by molar-refractivity contribution is 9.09. The van der Waals surface area contributed by atoms with E-state index >= 15 is 0 Å². The van der Waals surface area contributed by atoms with Crippen molar-refractivity contribution in [2.24, 2.45) is 0 Å². The summed E-state index contributed by atoms with van der Waals surface area (Å²) in [6.07, 6.45) is 0. The van der Waals surface area contributed by atoms with Crippen molar-refractivity contribution in [1.82, 2.24) is 0 Å². The molecule has 3 heteroatoms. The number of hydrogen-bond acceptors (Lipinski definition) is 2. The second kappa shape index (κ2) is 4.93. The minimum atomic E-state index is -1.41. The molecule has 0 amide bonds. The Morgan fingerprint density at radius 1 is 0.800 bits per heavy atom. The van der Waals surface area contributed by atoms with Crippen molar-refractivity contribution >= 4 is 26.7 Å². The summed E-state index contributed by atoms with van der Waals surface area (Å²) in [4.78, 5) is 0. The second-order valence-electron chi connectivity index (χ2n) is 4.70. The van der Waals surface area contributed by atoms with Gasteiger partial charge in [0.2, 0.25) is 0 Å². The van der Waals surface area contributed by atoms with E-state index in [0.717, 1.165) is 10.8 Å². The van der Waals surface area contributed by atoms with Crippen LogP contribution in [0.5, 0.6) is 5.75 Å². The lowest BCUT2D eigenvalue weighted by Gasteiger charge is -2.23. The molecular formula is C17H13BrO2. The van der Waals surface area contributed by atoms with Crippen molar-refractivity contribution in [2.75, 3.05) is 0 Å². The first-order valence-electron chi connectivity index (χ1n) is 6.28. The van der Waals surface area contributed by atoms with Crippen LogP contribution in [-0.4, -0.2) is 10.2 Å². The summed E-state index contributed by atoms with van der Waals surface area (Å²) in [5, 5.41) is 22.8. The molecular weight excluding hydrogens is 316 g/mol. The van der Waals surface area contributed by atoms with Gasteiger partial charge in [-0.2, -0.15) is 0 Å². The summed E-state index contributed by atoms with van der Waals surface area (Å²) in [6.45, 7) is 0. The maximum absolute atomic E-state index is 10.8. The molecule has 0 aliphatic rings. The molecule has 0 aliphatic heterocycles. The molecule has 3 aromatic carbocycles. The van der Waals surface area contributed by atoms with E-state index in [1.807, 2.05) is 42.5 Å². The first-order chi connectivity index (χ1) is 9.59. The summed E-state index contributed by atoms with van der Waals surface area (Å²) in [6, 6.07) is 20.4. The van der Waals surface area contributed by atoms with Crippen molar-refractivity contribution in [3.63, 3.8) is 0 Å². The lowest BCUT2D eigenvalue weighted by molar-refractivity contribution is 0.185. The molecule has 3 aromatic rings. The van der Waals surface area contributed by atoms with Crippen LogP contribution in [0.1, 0.15) is 11.1 Å². The number of hydrogen-bond donors (Lipinski definition) is 2.